The first kappa shape index (κ1) is 25.4. The van der Waals surface area contributed by atoms with Gasteiger partial charge in [0, 0.05) is 31.6 Å². The fourth-order valence-electron chi connectivity index (χ4n) is 3.85. The Morgan fingerprint density at radius 1 is 0.857 bits per heavy atom. The number of anilines is 1. The molecule has 8 nitrogen and oxygen atoms in total. The summed E-state index contributed by atoms with van der Waals surface area (Å²) < 4.78 is 0. The van der Waals surface area contributed by atoms with E-state index in [-0.39, 0.29) is 24.4 Å². The summed E-state index contributed by atoms with van der Waals surface area (Å²) in [6.45, 7) is 6.31. The molecule has 35 heavy (non-hydrogen) atoms. The van der Waals surface area contributed by atoms with Gasteiger partial charge in [0.25, 0.3) is 5.91 Å². The average molecular weight is 475 g/mol. The molecule has 0 aromatic heterocycles. The zero-order chi connectivity index (χ0) is 25.5. The van der Waals surface area contributed by atoms with Crippen LogP contribution in [0.4, 0.5) is 5.69 Å². The second kappa shape index (κ2) is 11.3. The predicted octanol–water partition coefficient (Wildman–Crippen LogP) is 3.22. The fourth-order valence-corrected chi connectivity index (χ4v) is 3.85. The molecule has 3 aromatic rings. The molecule has 3 aromatic carbocycles. The maximum absolute atomic E-state index is 13.2. The Bertz CT molecular complexity index is 1270. The van der Waals surface area contributed by atoms with Gasteiger partial charge in [-0.15, -0.1) is 0 Å². The van der Waals surface area contributed by atoms with Crippen LogP contribution in [0.5, 0.6) is 0 Å². The van der Waals surface area contributed by atoms with Gasteiger partial charge in [-0.05, 0) is 47.9 Å². The highest BCUT2D eigenvalue weighted by atomic mass is 16.2. The minimum Gasteiger partial charge on any atom is -0.354 e. The van der Waals surface area contributed by atoms with Crippen LogP contribution in [0.25, 0.3) is 10.8 Å². The van der Waals surface area contributed by atoms with E-state index in [1.54, 1.807) is 18.2 Å². The second-order valence-electron chi connectivity index (χ2n) is 8.47. The molecule has 0 aliphatic carbocycles. The quantitative estimate of drug-likeness (QED) is 0.401. The van der Waals surface area contributed by atoms with Crippen molar-refractivity contribution < 1.29 is 19.2 Å². The van der Waals surface area contributed by atoms with Gasteiger partial charge in [-0.25, -0.2) is 0 Å². The molecule has 4 amide bonds. The number of hydrogen-bond acceptors (Lipinski definition) is 4. The predicted molar refractivity (Wildman–Crippen MR) is 136 cm³/mol. The van der Waals surface area contributed by atoms with E-state index in [4.69, 9.17) is 0 Å². The number of benzene rings is 3. The lowest BCUT2D eigenvalue weighted by molar-refractivity contribution is -0.126. The van der Waals surface area contributed by atoms with Crippen LogP contribution in [-0.4, -0.2) is 36.2 Å². The van der Waals surface area contributed by atoms with Gasteiger partial charge < -0.3 is 21.3 Å². The summed E-state index contributed by atoms with van der Waals surface area (Å²) in [5.74, 6) is -1.49. The first-order valence-electron chi connectivity index (χ1n) is 11.4. The van der Waals surface area contributed by atoms with Crippen molar-refractivity contribution in [3.05, 3.63) is 77.4 Å². The number of carbonyl (C=O) groups excluding carboxylic acids is 4. The molecule has 0 spiro atoms. The fraction of sp³-hybridized carbons (Fsp3) is 0.259. The molecule has 0 radical (unpaired) electrons. The van der Waals surface area contributed by atoms with Crippen molar-refractivity contribution in [3.8, 4) is 0 Å². The highest BCUT2D eigenvalue weighted by molar-refractivity contribution is 6.01. The van der Waals surface area contributed by atoms with Gasteiger partial charge in [0.05, 0.1) is 6.04 Å². The highest BCUT2D eigenvalue weighted by Gasteiger charge is 2.21. The summed E-state index contributed by atoms with van der Waals surface area (Å²) in [6.07, 6.45) is 0. The average Bonchev–Trinajstić information content (AvgIpc) is 2.82. The van der Waals surface area contributed by atoms with Crippen LogP contribution >= 0.6 is 0 Å². The number of amides is 4. The summed E-state index contributed by atoms with van der Waals surface area (Å²) in [5, 5.41) is 13.0. The third-order valence-electron chi connectivity index (χ3n) is 5.64. The summed E-state index contributed by atoms with van der Waals surface area (Å²) in [7, 11) is 0. The summed E-state index contributed by atoms with van der Waals surface area (Å²) in [4.78, 5) is 48.6. The molecule has 0 fully saturated rings. The first-order chi connectivity index (χ1) is 16.7. The number of fused-ring (bicyclic) bond motifs is 1. The number of carbonyl (C=O) groups is 4. The van der Waals surface area contributed by atoms with Gasteiger partial charge in [0.15, 0.2) is 0 Å². The van der Waals surface area contributed by atoms with Crippen LogP contribution in [0.15, 0.2) is 60.7 Å². The molecule has 0 heterocycles. The van der Waals surface area contributed by atoms with E-state index in [1.807, 2.05) is 56.3 Å². The van der Waals surface area contributed by atoms with Crippen LogP contribution in [0.1, 0.15) is 48.3 Å². The van der Waals surface area contributed by atoms with Gasteiger partial charge in [0.1, 0.15) is 6.04 Å². The highest BCUT2D eigenvalue weighted by Crippen LogP contribution is 2.25. The molecule has 4 N–H and O–H groups in total. The molecule has 0 saturated heterocycles. The maximum Gasteiger partial charge on any atom is 0.252 e. The van der Waals surface area contributed by atoms with Crippen LogP contribution in [0.3, 0.4) is 0 Å². The lowest BCUT2D eigenvalue weighted by Crippen LogP contribution is -2.49. The molecule has 182 valence electrons. The molecule has 0 aliphatic heterocycles. The largest absolute Gasteiger partial charge is 0.354 e. The van der Waals surface area contributed by atoms with E-state index in [1.165, 1.54) is 13.8 Å². The van der Waals surface area contributed by atoms with E-state index < -0.39 is 17.9 Å². The summed E-state index contributed by atoms with van der Waals surface area (Å²) >= 11 is 0. The van der Waals surface area contributed by atoms with E-state index in [2.05, 4.69) is 21.3 Å². The topological polar surface area (TPSA) is 116 Å². The Morgan fingerprint density at radius 3 is 2.29 bits per heavy atom. The Balaban J connectivity index is 1.76. The van der Waals surface area contributed by atoms with Crippen LogP contribution in [0, 0.1) is 6.92 Å². The SMILES string of the molecule is CC(=O)NC[C@H](NC(C)=O)C(=O)Nc1ccc(C)c(C(=O)N[C@H](C)c2cccc3ccccc23)c1. The minimum atomic E-state index is -0.957. The third kappa shape index (κ3) is 6.66. The Kier molecular flexibility index (Phi) is 8.20. The molecule has 0 saturated carbocycles. The van der Waals surface area contributed by atoms with Crippen LogP contribution in [0.2, 0.25) is 0 Å². The zero-order valence-electron chi connectivity index (χ0n) is 20.3. The molecule has 2 atom stereocenters. The number of rotatable bonds is 8. The molecule has 3 rings (SSSR count). The van der Waals surface area contributed by atoms with Crippen molar-refractivity contribution in [2.45, 2.75) is 39.8 Å². The zero-order valence-corrected chi connectivity index (χ0v) is 20.3. The summed E-state index contributed by atoms with van der Waals surface area (Å²) in [6, 6.07) is 17.8. The number of hydrogen-bond donors (Lipinski definition) is 4. The van der Waals surface area contributed by atoms with Crippen molar-refractivity contribution in [2.75, 3.05) is 11.9 Å². The van der Waals surface area contributed by atoms with E-state index in [9.17, 15) is 19.2 Å². The smallest absolute Gasteiger partial charge is 0.252 e. The van der Waals surface area contributed by atoms with Crippen LogP contribution in [-0.2, 0) is 14.4 Å². The van der Waals surface area contributed by atoms with Crippen molar-refractivity contribution >= 4 is 40.1 Å². The van der Waals surface area contributed by atoms with Gasteiger partial charge in [-0.1, -0.05) is 48.5 Å². The van der Waals surface area contributed by atoms with Crippen LogP contribution < -0.4 is 21.3 Å². The lowest BCUT2D eigenvalue weighted by atomic mass is 9.99. The Hall–Kier alpha value is -4.20. The third-order valence-corrected chi connectivity index (χ3v) is 5.64. The molecular weight excluding hydrogens is 444 g/mol. The van der Waals surface area contributed by atoms with Crippen molar-refractivity contribution in [1.82, 2.24) is 16.0 Å². The van der Waals surface area contributed by atoms with E-state index in [0.717, 1.165) is 21.9 Å². The van der Waals surface area contributed by atoms with Crippen molar-refractivity contribution in [2.24, 2.45) is 0 Å². The van der Waals surface area contributed by atoms with Gasteiger partial charge in [-0.3, -0.25) is 19.2 Å². The summed E-state index contributed by atoms with van der Waals surface area (Å²) in [5.41, 5.74) is 2.59. The molecular formula is C27H30N4O4. The standard InChI is InChI=1S/C27H30N4O4/c1-16-12-13-21(31-27(35)25(30-19(4)33)15-28-18(3)32)14-24(16)26(34)29-17(2)22-11-7-9-20-8-5-6-10-23(20)22/h5-14,17,25H,15H2,1-4H3,(H,28,32)(H,29,34)(H,30,33)(H,31,35)/t17-,25+/m1/s1. The van der Waals surface area contributed by atoms with Gasteiger partial charge >= 0.3 is 0 Å². The molecule has 0 unspecified atom stereocenters. The first-order valence-corrected chi connectivity index (χ1v) is 11.4. The second-order valence-corrected chi connectivity index (χ2v) is 8.47. The van der Waals surface area contributed by atoms with E-state index in [0.29, 0.717) is 11.3 Å². The molecule has 0 aliphatic rings. The number of aryl methyl sites for hydroxylation is 1. The van der Waals surface area contributed by atoms with Crippen molar-refractivity contribution in [3.63, 3.8) is 0 Å². The monoisotopic (exact) mass is 474 g/mol. The Morgan fingerprint density at radius 2 is 1.57 bits per heavy atom. The maximum atomic E-state index is 13.2. The molecule has 0 bridgehead atoms. The van der Waals surface area contributed by atoms with E-state index >= 15 is 0 Å². The lowest BCUT2D eigenvalue weighted by Gasteiger charge is -2.19. The normalized spacial score (nSPS) is 12.3. The number of nitrogens with one attached hydrogen (secondary N) is 4. The minimum absolute atomic E-state index is 0.0531. The van der Waals surface area contributed by atoms with Gasteiger partial charge in [-0.2, -0.15) is 0 Å². The van der Waals surface area contributed by atoms with Gasteiger partial charge in [0.2, 0.25) is 17.7 Å². The molecule has 8 heteroatoms. The Labute approximate surface area is 204 Å². The van der Waals surface area contributed by atoms with Crippen molar-refractivity contribution in [1.29, 1.82) is 0 Å².